The van der Waals surface area contributed by atoms with Crippen LogP contribution < -0.4 is 10.3 Å². The van der Waals surface area contributed by atoms with E-state index >= 15 is 0 Å². The van der Waals surface area contributed by atoms with Crippen molar-refractivity contribution in [3.63, 3.8) is 0 Å². The number of aromatic nitrogens is 1. The number of nitrogens with zero attached hydrogens (tertiary/aromatic N) is 4. The molecule has 1 N–H and O–H groups in total. The molecule has 0 amide bonds. The van der Waals surface area contributed by atoms with Crippen molar-refractivity contribution in [3.05, 3.63) is 73.9 Å². The molecule has 0 aliphatic carbocycles. The highest BCUT2D eigenvalue weighted by atomic mass is 79.9. The van der Waals surface area contributed by atoms with Crippen molar-refractivity contribution in [2.45, 2.75) is 33.4 Å². The van der Waals surface area contributed by atoms with Gasteiger partial charge in [-0.15, -0.1) is 0 Å². The van der Waals surface area contributed by atoms with Gasteiger partial charge in [0.15, 0.2) is 0 Å². The Morgan fingerprint density at radius 2 is 2.06 bits per heavy atom. The number of benzene rings is 1. The van der Waals surface area contributed by atoms with Gasteiger partial charge in [0.2, 0.25) is 0 Å². The van der Waals surface area contributed by atoms with Gasteiger partial charge in [0.05, 0.1) is 25.0 Å². The lowest BCUT2D eigenvalue weighted by atomic mass is 10.2. The number of aliphatic hydroxyl groups excluding tert-OH is 1. The topological polar surface area (TPSA) is 79.4 Å². The second kappa shape index (κ2) is 13.3. The van der Waals surface area contributed by atoms with Gasteiger partial charge in [-0.2, -0.15) is 0 Å². The van der Waals surface area contributed by atoms with E-state index in [1.165, 1.54) is 10.6 Å². The van der Waals surface area contributed by atoms with Crippen LogP contribution in [0.15, 0.2) is 55.4 Å². The van der Waals surface area contributed by atoms with E-state index in [0.29, 0.717) is 17.9 Å². The lowest BCUT2D eigenvalue weighted by Gasteiger charge is -2.15. The van der Waals surface area contributed by atoms with Crippen LogP contribution in [0.2, 0.25) is 0 Å². The molecule has 2 rings (SSSR count). The van der Waals surface area contributed by atoms with Crippen LogP contribution in [-0.2, 0) is 13.2 Å². The number of ether oxygens (including phenoxy) is 1. The van der Waals surface area contributed by atoms with E-state index < -0.39 is 11.6 Å². The number of hydrogen-bond donors (Lipinski definition) is 1. The quantitative estimate of drug-likeness (QED) is 0.412. The molecule has 0 unspecified atom stereocenters. The van der Waals surface area contributed by atoms with Crippen molar-refractivity contribution >= 4 is 28.4 Å². The molecule has 0 aliphatic heterocycles. The molecule has 7 nitrogen and oxygen atoms in total. The maximum atomic E-state index is 13.9. The van der Waals surface area contributed by atoms with Gasteiger partial charge in [0.25, 0.3) is 5.56 Å². The number of halogens is 3. The third-order valence-corrected chi connectivity index (χ3v) is 5.84. The molecular formula is C24H29BrF2N4O3. The van der Waals surface area contributed by atoms with Crippen LogP contribution in [0.25, 0.3) is 0 Å². The van der Waals surface area contributed by atoms with E-state index in [4.69, 9.17) is 9.84 Å². The summed E-state index contributed by atoms with van der Waals surface area (Å²) in [7, 11) is 1.92. The number of aryl methyl sites for hydroxylation is 1. The van der Waals surface area contributed by atoms with Gasteiger partial charge in [-0.05, 0) is 62.1 Å². The van der Waals surface area contributed by atoms with Crippen molar-refractivity contribution < 1.29 is 18.6 Å². The molecule has 0 radical (unpaired) electrons. The van der Waals surface area contributed by atoms with Gasteiger partial charge in [-0.25, -0.2) is 8.78 Å². The summed E-state index contributed by atoms with van der Waals surface area (Å²) in [6, 6.07) is 4.88. The van der Waals surface area contributed by atoms with E-state index in [9.17, 15) is 13.6 Å². The summed E-state index contributed by atoms with van der Waals surface area (Å²) in [6.45, 7) is 8.67. The van der Waals surface area contributed by atoms with E-state index in [1.807, 2.05) is 18.9 Å². The zero-order valence-electron chi connectivity index (χ0n) is 19.5. The van der Waals surface area contributed by atoms with Gasteiger partial charge < -0.3 is 19.3 Å². The van der Waals surface area contributed by atoms with Crippen molar-refractivity contribution in [2.24, 2.45) is 9.98 Å². The standard InChI is InChI=1S/C24H29BrF2N4O3/c1-16(7-8-30(4)9-10-32)29-13-20(28-3)14-31-17(2)11-22(23(25)24(31)33)34-15-18-5-6-19(26)12-21(18)27/h5-6,11-13,32H,3,7-10,14-15H2,1-2,4H3/b20-13-,29-16?. The van der Waals surface area contributed by atoms with Crippen LogP contribution in [0.1, 0.15) is 24.6 Å². The summed E-state index contributed by atoms with van der Waals surface area (Å²) >= 11 is 3.26. The largest absolute Gasteiger partial charge is 0.487 e. The van der Waals surface area contributed by atoms with Gasteiger partial charge >= 0.3 is 0 Å². The fraction of sp³-hybridized carbons (Fsp3) is 0.375. The molecule has 1 heterocycles. The Morgan fingerprint density at radius 1 is 1.32 bits per heavy atom. The van der Waals surface area contributed by atoms with Gasteiger partial charge in [0.1, 0.15) is 28.5 Å². The highest BCUT2D eigenvalue weighted by Gasteiger charge is 2.14. The fourth-order valence-electron chi connectivity index (χ4n) is 2.99. The maximum Gasteiger partial charge on any atom is 0.269 e. The lowest BCUT2D eigenvalue weighted by Crippen LogP contribution is -2.24. The number of allylic oxidation sites excluding steroid dienone is 1. The van der Waals surface area contributed by atoms with Crippen LogP contribution in [0, 0.1) is 18.6 Å². The SMILES string of the molecule is C=N/C(=C\N=C(C)CCN(C)CCO)Cn1c(C)cc(OCc2ccc(F)cc2F)c(Br)c1=O. The molecule has 0 saturated heterocycles. The van der Waals surface area contributed by atoms with Gasteiger partial charge in [-0.1, -0.05) is 0 Å². The Labute approximate surface area is 206 Å². The number of aliphatic imine (C=N–C) groups is 2. The Kier molecular flexibility index (Phi) is 10.7. The lowest BCUT2D eigenvalue weighted by molar-refractivity contribution is 0.224. The van der Waals surface area contributed by atoms with Crippen LogP contribution >= 0.6 is 15.9 Å². The highest BCUT2D eigenvalue weighted by Crippen LogP contribution is 2.24. The molecule has 0 bridgehead atoms. The first kappa shape index (κ1) is 27.6. The molecule has 10 heteroatoms. The molecule has 0 saturated carbocycles. The first-order chi connectivity index (χ1) is 16.2. The first-order valence-corrected chi connectivity index (χ1v) is 11.4. The minimum absolute atomic E-state index is 0.105. The Bertz CT molecular complexity index is 1130. The van der Waals surface area contributed by atoms with Crippen molar-refractivity contribution in [1.29, 1.82) is 0 Å². The van der Waals surface area contributed by atoms with Gasteiger partial charge in [-0.3, -0.25) is 14.8 Å². The second-order valence-electron chi connectivity index (χ2n) is 7.80. The van der Waals surface area contributed by atoms with Gasteiger partial charge in [0, 0.05) is 42.2 Å². The van der Waals surface area contributed by atoms with E-state index in [1.54, 1.807) is 19.2 Å². The predicted octanol–water partition coefficient (Wildman–Crippen LogP) is 4.09. The average Bonchev–Trinajstić information content (AvgIpc) is 2.79. The zero-order valence-corrected chi connectivity index (χ0v) is 21.1. The summed E-state index contributed by atoms with van der Waals surface area (Å²) in [5, 5.41) is 8.97. The molecule has 184 valence electrons. The third kappa shape index (κ3) is 7.96. The molecule has 34 heavy (non-hydrogen) atoms. The fourth-order valence-corrected chi connectivity index (χ4v) is 3.43. The van der Waals surface area contributed by atoms with Crippen molar-refractivity contribution in [1.82, 2.24) is 9.47 Å². The molecule has 1 aromatic carbocycles. The smallest absolute Gasteiger partial charge is 0.269 e. The average molecular weight is 539 g/mol. The monoisotopic (exact) mass is 538 g/mol. The molecule has 0 fully saturated rings. The van der Waals surface area contributed by atoms with Crippen LogP contribution in [0.5, 0.6) is 5.75 Å². The number of hydrogen-bond acceptors (Lipinski definition) is 6. The summed E-state index contributed by atoms with van der Waals surface area (Å²) in [4.78, 5) is 23.3. The minimum atomic E-state index is -0.719. The number of pyridine rings is 1. The highest BCUT2D eigenvalue weighted by molar-refractivity contribution is 9.10. The number of aliphatic hydroxyl groups is 1. The summed E-state index contributed by atoms with van der Waals surface area (Å²) in [5.41, 5.74) is 1.81. The molecule has 1 aromatic heterocycles. The first-order valence-electron chi connectivity index (χ1n) is 10.6. The van der Waals surface area contributed by atoms with Crippen LogP contribution in [0.4, 0.5) is 8.78 Å². The van der Waals surface area contributed by atoms with Crippen LogP contribution in [0.3, 0.4) is 0 Å². The molecular weight excluding hydrogens is 510 g/mol. The summed E-state index contributed by atoms with van der Waals surface area (Å²) in [6.07, 6.45) is 2.30. The third-order valence-electron chi connectivity index (χ3n) is 5.11. The van der Waals surface area contributed by atoms with Crippen molar-refractivity contribution in [2.75, 3.05) is 26.7 Å². The molecule has 0 aliphatic rings. The molecule has 0 spiro atoms. The Balaban J connectivity index is 2.15. The summed E-state index contributed by atoms with van der Waals surface area (Å²) < 4.78 is 34.2. The van der Waals surface area contributed by atoms with Crippen LogP contribution in [-0.4, -0.2) is 53.7 Å². The maximum absolute atomic E-state index is 13.9. The zero-order chi connectivity index (χ0) is 25.3. The molecule has 2 aromatic rings. The van der Waals surface area contributed by atoms with E-state index in [2.05, 4.69) is 32.6 Å². The summed E-state index contributed by atoms with van der Waals surface area (Å²) in [5.74, 6) is -1.14. The Morgan fingerprint density at radius 3 is 2.71 bits per heavy atom. The minimum Gasteiger partial charge on any atom is -0.487 e. The normalized spacial score (nSPS) is 12.4. The van der Waals surface area contributed by atoms with Crippen molar-refractivity contribution in [3.8, 4) is 5.75 Å². The number of likely N-dealkylation sites (N-methyl/N-ethyl adjacent to an activating group) is 1. The second-order valence-corrected chi connectivity index (χ2v) is 8.59. The number of rotatable bonds is 12. The molecule has 0 atom stereocenters. The van der Waals surface area contributed by atoms with E-state index in [-0.39, 0.29) is 41.1 Å². The van der Waals surface area contributed by atoms with E-state index in [0.717, 1.165) is 30.8 Å². The predicted molar refractivity (Wildman–Crippen MR) is 134 cm³/mol. The Hall–Kier alpha value is -2.69.